The molecule has 1 atom stereocenters. The largest absolute Gasteiger partial charge is 0.481 e. The molecule has 2 N–H and O–H groups in total. The molecule has 1 rings (SSSR count). The van der Waals surface area contributed by atoms with Gasteiger partial charge < -0.3 is 10.4 Å². The van der Waals surface area contributed by atoms with Gasteiger partial charge in [0.15, 0.2) is 0 Å². The fraction of sp³-hybridized carbons (Fsp3) is 0.385. The molecular weight excluding hydrogens is 317 g/mol. The predicted octanol–water partition coefficient (Wildman–Crippen LogP) is 2.82. The summed E-state index contributed by atoms with van der Waals surface area (Å²) in [6.07, 6.45) is 0.365. The molecule has 104 valence electrons. The van der Waals surface area contributed by atoms with Crippen molar-refractivity contribution in [2.24, 2.45) is 5.41 Å². The summed E-state index contributed by atoms with van der Waals surface area (Å²) in [5.74, 6) is -2.28. The summed E-state index contributed by atoms with van der Waals surface area (Å²) in [6.45, 7) is 3.20. The number of amides is 1. The van der Waals surface area contributed by atoms with Crippen LogP contribution >= 0.6 is 15.9 Å². The fourth-order valence-electron chi connectivity index (χ4n) is 1.40. The first kappa shape index (κ1) is 15.6. The average Bonchev–Trinajstić information content (AvgIpc) is 2.38. The van der Waals surface area contributed by atoms with Gasteiger partial charge in [-0.2, -0.15) is 0 Å². The maximum atomic E-state index is 13.7. The number of carboxylic acids is 1. The van der Waals surface area contributed by atoms with Crippen molar-refractivity contribution >= 4 is 27.8 Å². The van der Waals surface area contributed by atoms with Gasteiger partial charge in [0.05, 0.1) is 15.5 Å². The topological polar surface area (TPSA) is 66.4 Å². The lowest BCUT2D eigenvalue weighted by atomic mass is 9.87. The highest BCUT2D eigenvalue weighted by Crippen LogP contribution is 2.21. The molecule has 0 radical (unpaired) electrons. The second kappa shape index (κ2) is 6.14. The van der Waals surface area contributed by atoms with E-state index in [-0.39, 0.29) is 16.6 Å². The van der Waals surface area contributed by atoms with E-state index in [2.05, 4.69) is 21.2 Å². The molecule has 0 spiro atoms. The van der Waals surface area contributed by atoms with Gasteiger partial charge in [-0.05, 0) is 41.4 Å². The van der Waals surface area contributed by atoms with Crippen molar-refractivity contribution in [3.05, 3.63) is 34.1 Å². The Morgan fingerprint density at radius 2 is 2.11 bits per heavy atom. The summed E-state index contributed by atoms with van der Waals surface area (Å²) in [5, 5.41) is 11.5. The molecule has 0 heterocycles. The van der Waals surface area contributed by atoms with Gasteiger partial charge in [0.2, 0.25) is 0 Å². The lowest BCUT2D eigenvalue weighted by molar-refractivity contribution is -0.147. The molecule has 0 fully saturated rings. The van der Waals surface area contributed by atoms with E-state index >= 15 is 0 Å². The lowest BCUT2D eigenvalue weighted by Crippen LogP contribution is -2.40. The Hall–Kier alpha value is -1.43. The highest BCUT2D eigenvalue weighted by Gasteiger charge is 2.31. The third-order valence-corrected chi connectivity index (χ3v) is 3.74. The second-order valence-corrected chi connectivity index (χ2v) is 5.36. The smallest absolute Gasteiger partial charge is 0.311 e. The van der Waals surface area contributed by atoms with E-state index in [0.717, 1.165) is 0 Å². The van der Waals surface area contributed by atoms with Crippen molar-refractivity contribution in [1.29, 1.82) is 0 Å². The van der Waals surface area contributed by atoms with E-state index in [1.807, 2.05) is 0 Å². The summed E-state index contributed by atoms with van der Waals surface area (Å²) in [4.78, 5) is 22.9. The number of halogens is 2. The third kappa shape index (κ3) is 3.53. The van der Waals surface area contributed by atoms with Gasteiger partial charge in [0.25, 0.3) is 5.91 Å². The summed E-state index contributed by atoms with van der Waals surface area (Å²) >= 11 is 2.99. The van der Waals surface area contributed by atoms with Crippen LogP contribution in [0.4, 0.5) is 4.39 Å². The van der Waals surface area contributed by atoms with Crippen LogP contribution in [0.2, 0.25) is 0 Å². The van der Waals surface area contributed by atoms with Crippen LogP contribution in [-0.2, 0) is 4.79 Å². The Morgan fingerprint density at radius 3 is 2.63 bits per heavy atom. The van der Waals surface area contributed by atoms with E-state index in [1.165, 1.54) is 25.1 Å². The number of benzene rings is 1. The van der Waals surface area contributed by atoms with E-state index in [9.17, 15) is 14.0 Å². The fourth-order valence-corrected chi connectivity index (χ4v) is 1.77. The van der Waals surface area contributed by atoms with Crippen molar-refractivity contribution < 1.29 is 19.1 Å². The molecule has 19 heavy (non-hydrogen) atoms. The maximum absolute atomic E-state index is 13.7. The summed E-state index contributed by atoms with van der Waals surface area (Å²) < 4.78 is 13.9. The Bertz CT molecular complexity index is 507. The van der Waals surface area contributed by atoms with Gasteiger partial charge >= 0.3 is 5.97 Å². The number of aliphatic carboxylic acids is 1. The molecule has 1 unspecified atom stereocenters. The van der Waals surface area contributed by atoms with Crippen LogP contribution in [0, 0.1) is 11.2 Å². The first-order valence-corrected chi connectivity index (χ1v) is 6.56. The number of carbonyl (C=O) groups is 2. The van der Waals surface area contributed by atoms with Crippen LogP contribution < -0.4 is 5.32 Å². The predicted molar refractivity (Wildman–Crippen MR) is 72.5 cm³/mol. The molecule has 4 nitrogen and oxygen atoms in total. The normalized spacial score (nSPS) is 13.7. The molecule has 0 aliphatic heterocycles. The van der Waals surface area contributed by atoms with Crippen LogP contribution in [0.1, 0.15) is 30.6 Å². The van der Waals surface area contributed by atoms with Gasteiger partial charge in [-0.15, -0.1) is 0 Å². The molecule has 1 aromatic carbocycles. The van der Waals surface area contributed by atoms with Gasteiger partial charge in [-0.1, -0.05) is 13.0 Å². The standard InChI is InChI=1S/C13H15BrFNO3/c1-3-13(2,12(18)19)7-16-11(17)8-5-4-6-9(14)10(8)15/h4-6H,3,7H2,1-2H3,(H,16,17)(H,18,19). The van der Waals surface area contributed by atoms with E-state index in [1.54, 1.807) is 6.92 Å². The summed E-state index contributed by atoms with van der Waals surface area (Å²) in [7, 11) is 0. The Morgan fingerprint density at radius 1 is 1.47 bits per heavy atom. The third-order valence-electron chi connectivity index (χ3n) is 3.13. The van der Waals surface area contributed by atoms with Crippen molar-refractivity contribution in [1.82, 2.24) is 5.32 Å². The monoisotopic (exact) mass is 331 g/mol. The zero-order valence-electron chi connectivity index (χ0n) is 10.7. The average molecular weight is 332 g/mol. The number of rotatable bonds is 5. The van der Waals surface area contributed by atoms with E-state index in [4.69, 9.17) is 5.11 Å². The number of carbonyl (C=O) groups excluding carboxylic acids is 1. The first-order valence-electron chi connectivity index (χ1n) is 5.77. The molecule has 0 aliphatic carbocycles. The molecule has 1 amide bonds. The number of carboxylic acid groups (broad SMARTS) is 1. The second-order valence-electron chi connectivity index (χ2n) is 4.50. The molecule has 0 saturated carbocycles. The van der Waals surface area contributed by atoms with Gasteiger partial charge in [0.1, 0.15) is 5.82 Å². The Labute approximate surface area is 119 Å². The molecule has 1 aromatic rings. The maximum Gasteiger partial charge on any atom is 0.311 e. The zero-order chi connectivity index (χ0) is 14.6. The number of nitrogens with one attached hydrogen (secondary N) is 1. The van der Waals surface area contributed by atoms with Crippen LogP contribution in [0.3, 0.4) is 0 Å². The molecule has 0 bridgehead atoms. The molecule has 6 heteroatoms. The number of hydrogen-bond acceptors (Lipinski definition) is 2. The minimum Gasteiger partial charge on any atom is -0.481 e. The minimum absolute atomic E-state index is 0.0520. The van der Waals surface area contributed by atoms with Gasteiger partial charge in [0, 0.05) is 6.54 Å². The van der Waals surface area contributed by atoms with Crippen LogP contribution in [-0.4, -0.2) is 23.5 Å². The lowest BCUT2D eigenvalue weighted by Gasteiger charge is -2.23. The first-order chi connectivity index (χ1) is 8.81. The Balaban J connectivity index is 2.81. The van der Waals surface area contributed by atoms with Crippen LogP contribution in [0.5, 0.6) is 0 Å². The molecule has 0 aliphatic rings. The Kier molecular flexibility index (Phi) is 5.05. The molecular formula is C13H15BrFNO3. The zero-order valence-corrected chi connectivity index (χ0v) is 12.3. The highest BCUT2D eigenvalue weighted by molar-refractivity contribution is 9.10. The van der Waals surface area contributed by atoms with Crippen molar-refractivity contribution in [3.63, 3.8) is 0 Å². The quantitative estimate of drug-likeness (QED) is 0.871. The minimum atomic E-state index is -1.06. The van der Waals surface area contributed by atoms with Crippen LogP contribution in [0.15, 0.2) is 22.7 Å². The molecule has 0 saturated heterocycles. The SMILES string of the molecule is CCC(C)(CNC(=O)c1cccc(Br)c1F)C(=O)O. The highest BCUT2D eigenvalue weighted by atomic mass is 79.9. The summed E-state index contributed by atoms with van der Waals surface area (Å²) in [5.41, 5.74) is -1.17. The van der Waals surface area contributed by atoms with Crippen molar-refractivity contribution in [2.45, 2.75) is 20.3 Å². The van der Waals surface area contributed by atoms with Crippen LogP contribution in [0.25, 0.3) is 0 Å². The van der Waals surface area contributed by atoms with E-state index in [0.29, 0.717) is 6.42 Å². The molecule has 0 aromatic heterocycles. The van der Waals surface area contributed by atoms with Crippen molar-refractivity contribution in [3.8, 4) is 0 Å². The van der Waals surface area contributed by atoms with E-state index < -0.39 is 23.1 Å². The van der Waals surface area contributed by atoms with Crippen molar-refractivity contribution in [2.75, 3.05) is 6.54 Å². The summed E-state index contributed by atoms with van der Waals surface area (Å²) in [6, 6.07) is 4.37. The number of hydrogen-bond donors (Lipinski definition) is 2. The van der Waals surface area contributed by atoms with Gasteiger partial charge in [-0.25, -0.2) is 4.39 Å². The van der Waals surface area contributed by atoms with Gasteiger partial charge in [-0.3, -0.25) is 9.59 Å².